The fraction of sp³-hybridized carbons (Fsp3) is 0.429. The molecule has 4 heteroatoms. The number of hydrogen-bond donors (Lipinski definition) is 1. The minimum Gasteiger partial charge on any atom is -0.481 e. The van der Waals surface area contributed by atoms with Gasteiger partial charge < -0.3 is 5.11 Å². The fourth-order valence-corrected chi connectivity index (χ4v) is 2.48. The van der Waals surface area contributed by atoms with E-state index in [0.29, 0.717) is 12.8 Å². The predicted octanol–water partition coefficient (Wildman–Crippen LogP) is 3.54. The number of aryl methyl sites for hydroxylation is 1. The minimum absolute atomic E-state index is 0.0379. The van der Waals surface area contributed by atoms with Gasteiger partial charge in [0.25, 0.3) is 0 Å². The fourth-order valence-electron chi connectivity index (χ4n) is 1.68. The van der Waals surface area contributed by atoms with Crippen molar-refractivity contribution in [2.45, 2.75) is 38.0 Å². The molecule has 0 bridgehead atoms. The van der Waals surface area contributed by atoms with Gasteiger partial charge in [0.2, 0.25) is 0 Å². The predicted molar refractivity (Wildman–Crippen MR) is 73.4 cm³/mol. The summed E-state index contributed by atoms with van der Waals surface area (Å²) in [6, 6.07) is 5.85. The zero-order valence-electron chi connectivity index (χ0n) is 10.7. The van der Waals surface area contributed by atoms with E-state index >= 15 is 0 Å². The lowest BCUT2D eigenvalue weighted by Crippen LogP contribution is -2.04. The number of benzene rings is 1. The molecule has 1 aromatic carbocycles. The molecule has 0 aliphatic carbocycles. The highest BCUT2D eigenvalue weighted by atomic mass is 32.2. The topological polar surface area (TPSA) is 54.4 Å². The minimum atomic E-state index is -0.852. The number of carboxylic acid groups (broad SMARTS) is 1. The van der Waals surface area contributed by atoms with Gasteiger partial charge in [-0.2, -0.15) is 0 Å². The summed E-state index contributed by atoms with van der Waals surface area (Å²) in [7, 11) is 0. The Kier molecular flexibility index (Phi) is 5.92. The van der Waals surface area contributed by atoms with Gasteiger partial charge in [-0.1, -0.05) is 18.6 Å². The number of carbonyl (C=O) groups excluding carboxylic acids is 1. The van der Waals surface area contributed by atoms with Crippen LogP contribution in [-0.2, 0) is 4.79 Å². The van der Waals surface area contributed by atoms with Crippen molar-refractivity contribution in [3.05, 3.63) is 29.3 Å². The van der Waals surface area contributed by atoms with E-state index in [1.165, 1.54) is 0 Å². The summed E-state index contributed by atoms with van der Waals surface area (Å²) in [6.07, 6.45) is 0.749. The lowest BCUT2D eigenvalue weighted by atomic mass is 10.0. The molecular formula is C14H18O3S. The number of ketones is 1. The maximum absolute atomic E-state index is 12.1. The zero-order valence-corrected chi connectivity index (χ0v) is 11.5. The first kappa shape index (κ1) is 14.8. The van der Waals surface area contributed by atoms with E-state index in [0.717, 1.165) is 21.8 Å². The van der Waals surface area contributed by atoms with Crippen molar-refractivity contribution < 1.29 is 14.7 Å². The largest absolute Gasteiger partial charge is 0.481 e. The van der Waals surface area contributed by atoms with Gasteiger partial charge in [0.15, 0.2) is 5.78 Å². The van der Waals surface area contributed by atoms with Gasteiger partial charge in [0.1, 0.15) is 0 Å². The van der Waals surface area contributed by atoms with Gasteiger partial charge in [-0.25, -0.2) is 0 Å². The normalized spacial score (nSPS) is 10.3. The molecule has 0 amide bonds. The molecule has 0 aliphatic rings. The first-order chi connectivity index (χ1) is 8.54. The molecule has 18 heavy (non-hydrogen) atoms. The van der Waals surface area contributed by atoms with E-state index in [4.69, 9.17) is 5.11 Å². The van der Waals surface area contributed by atoms with Crippen LogP contribution < -0.4 is 0 Å². The second-order valence-electron chi connectivity index (χ2n) is 4.10. The highest BCUT2D eigenvalue weighted by Gasteiger charge is 2.12. The molecule has 0 fully saturated rings. The number of rotatable bonds is 7. The van der Waals surface area contributed by atoms with E-state index in [-0.39, 0.29) is 12.2 Å². The van der Waals surface area contributed by atoms with Gasteiger partial charge in [-0.05, 0) is 31.2 Å². The third kappa shape index (κ3) is 4.53. The summed E-state index contributed by atoms with van der Waals surface area (Å²) in [5.74, 6) is 0.101. The molecule has 0 saturated heterocycles. The SMILES string of the molecule is CCSc1ccc(C)cc1C(=O)CCCC(=O)O. The Bertz CT molecular complexity index is 441. The molecule has 0 atom stereocenters. The van der Waals surface area contributed by atoms with E-state index in [1.807, 2.05) is 32.0 Å². The highest BCUT2D eigenvalue weighted by molar-refractivity contribution is 7.99. The lowest BCUT2D eigenvalue weighted by Gasteiger charge is -2.08. The summed E-state index contributed by atoms with van der Waals surface area (Å²) < 4.78 is 0. The second-order valence-corrected chi connectivity index (χ2v) is 5.41. The Labute approximate surface area is 112 Å². The molecular weight excluding hydrogens is 248 g/mol. The molecule has 0 aromatic heterocycles. The number of hydrogen-bond acceptors (Lipinski definition) is 3. The molecule has 0 aliphatic heterocycles. The molecule has 0 spiro atoms. The Hall–Kier alpha value is -1.29. The van der Waals surface area contributed by atoms with Crippen LogP contribution in [0.4, 0.5) is 0 Å². The average Bonchev–Trinajstić information content (AvgIpc) is 2.31. The molecule has 1 aromatic rings. The summed E-state index contributed by atoms with van der Waals surface area (Å²) in [5, 5.41) is 8.56. The molecule has 3 nitrogen and oxygen atoms in total. The van der Waals surface area contributed by atoms with Gasteiger partial charge in [0, 0.05) is 23.3 Å². The van der Waals surface area contributed by atoms with E-state index in [9.17, 15) is 9.59 Å². The standard InChI is InChI=1S/C14H18O3S/c1-3-18-13-8-7-10(2)9-11(13)12(15)5-4-6-14(16)17/h7-9H,3-6H2,1-2H3,(H,16,17). The number of thioether (sulfide) groups is 1. The lowest BCUT2D eigenvalue weighted by molar-refractivity contribution is -0.137. The maximum Gasteiger partial charge on any atom is 0.303 e. The van der Waals surface area contributed by atoms with E-state index < -0.39 is 5.97 Å². The van der Waals surface area contributed by atoms with Crippen LogP contribution in [0.15, 0.2) is 23.1 Å². The molecule has 98 valence electrons. The Morgan fingerprint density at radius 2 is 2.00 bits per heavy atom. The molecule has 0 radical (unpaired) electrons. The van der Waals surface area contributed by atoms with Crippen molar-refractivity contribution in [1.29, 1.82) is 0 Å². The monoisotopic (exact) mass is 266 g/mol. The van der Waals surface area contributed by atoms with Gasteiger partial charge in [-0.3, -0.25) is 9.59 Å². The van der Waals surface area contributed by atoms with E-state index in [1.54, 1.807) is 11.8 Å². The summed E-state index contributed by atoms with van der Waals surface area (Å²) >= 11 is 1.64. The van der Waals surface area contributed by atoms with Crippen molar-refractivity contribution >= 4 is 23.5 Å². The summed E-state index contributed by atoms with van der Waals surface area (Å²) in [6.45, 7) is 4.00. The van der Waals surface area contributed by atoms with E-state index in [2.05, 4.69) is 0 Å². The van der Waals surface area contributed by atoms with Gasteiger partial charge >= 0.3 is 5.97 Å². The zero-order chi connectivity index (χ0) is 13.5. The van der Waals surface area contributed by atoms with Crippen LogP contribution in [0.25, 0.3) is 0 Å². The maximum atomic E-state index is 12.1. The molecule has 0 unspecified atom stereocenters. The van der Waals surface area contributed by atoms with Gasteiger partial charge in [-0.15, -0.1) is 11.8 Å². The quantitative estimate of drug-likeness (QED) is 0.605. The smallest absolute Gasteiger partial charge is 0.303 e. The van der Waals surface area contributed by atoms with Crippen molar-refractivity contribution in [1.82, 2.24) is 0 Å². The van der Waals surface area contributed by atoms with Crippen LogP contribution in [0.1, 0.15) is 42.1 Å². The van der Waals surface area contributed by atoms with Crippen LogP contribution in [0.5, 0.6) is 0 Å². The van der Waals surface area contributed by atoms with Crippen LogP contribution >= 0.6 is 11.8 Å². The highest BCUT2D eigenvalue weighted by Crippen LogP contribution is 2.25. The molecule has 0 saturated carbocycles. The van der Waals surface area contributed by atoms with Crippen LogP contribution in [0.3, 0.4) is 0 Å². The summed E-state index contributed by atoms with van der Waals surface area (Å²) in [5.41, 5.74) is 1.78. The first-order valence-corrected chi connectivity index (χ1v) is 7.01. The third-order valence-corrected chi connectivity index (χ3v) is 3.49. The Morgan fingerprint density at radius 3 is 2.61 bits per heavy atom. The second kappa shape index (κ2) is 7.21. The molecule has 0 heterocycles. The third-order valence-electron chi connectivity index (χ3n) is 2.53. The molecule has 1 N–H and O–H groups in total. The van der Waals surface area contributed by atoms with Crippen molar-refractivity contribution in [2.24, 2.45) is 0 Å². The van der Waals surface area contributed by atoms with Crippen molar-refractivity contribution in [2.75, 3.05) is 5.75 Å². The number of Topliss-reactive ketones (excluding diaryl/α,β-unsaturated/α-hetero) is 1. The van der Waals surface area contributed by atoms with Crippen LogP contribution in [-0.4, -0.2) is 22.6 Å². The van der Waals surface area contributed by atoms with Crippen molar-refractivity contribution in [3.8, 4) is 0 Å². The number of carboxylic acids is 1. The average molecular weight is 266 g/mol. The Balaban J connectivity index is 2.76. The first-order valence-electron chi connectivity index (χ1n) is 6.03. The van der Waals surface area contributed by atoms with Crippen LogP contribution in [0.2, 0.25) is 0 Å². The van der Waals surface area contributed by atoms with Crippen LogP contribution in [0, 0.1) is 6.92 Å². The summed E-state index contributed by atoms with van der Waals surface area (Å²) in [4.78, 5) is 23.5. The number of carbonyl (C=O) groups is 2. The van der Waals surface area contributed by atoms with Crippen molar-refractivity contribution in [3.63, 3.8) is 0 Å². The Morgan fingerprint density at radius 1 is 1.28 bits per heavy atom. The van der Waals surface area contributed by atoms with Gasteiger partial charge in [0.05, 0.1) is 0 Å². The molecule has 1 rings (SSSR count). The number of aliphatic carboxylic acids is 1.